The van der Waals surface area contributed by atoms with Gasteiger partial charge in [-0.1, -0.05) is 18.2 Å². The van der Waals surface area contributed by atoms with Crippen molar-refractivity contribution < 1.29 is 4.92 Å². The Morgan fingerprint density at radius 2 is 2.19 bits per heavy atom. The fourth-order valence-corrected chi connectivity index (χ4v) is 1.10. The van der Waals surface area contributed by atoms with Crippen molar-refractivity contribution >= 4 is 35.6 Å². The molecule has 0 atom stereocenters. The van der Waals surface area contributed by atoms with Gasteiger partial charge in [-0.15, -0.1) is 24.0 Å². The van der Waals surface area contributed by atoms with Crippen molar-refractivity contribution in [2.24, 2.45) is 10.7 Å². The van der Waals surface area contributed by atoms with Crippen LogP contribution in [0, 0.1) is 10.1 Å². The highest BCUT2D eigenvalue weighted by Gasteiger charge is 2.11. The standard InChI is InChI=1S/C9H12N4O2.HI/c1-11-9(10)12-6-7-4-2-3-5-8(7)13(14)15;/h2-5H,6H2,1H3,(H3,10,11,12);1H. The van der Waals surface area contributed by atoms with Crippen molar-refractivity contribution in [1.29, 1.82) is 0 Å². The van der Waals surface area contributed by atoms with Gasteiger partial charge in [0.2, 0.25) is 0 Å². The summed E-state index contributed by atoms with van der Waals surface area (Å²) in [5, 5.41) is 13.4. The Morgan fingerprint density at radius 1 is 1.56 bits per heavy atom. The van der Waals surface area contributed by atoms with E-state index >= 15 is 0 Å². The van der Waals surface area contributed by atoms with E-state index in [1.54, 1.807) is 25.2 Å². The molecule has 7 heteroatoms. The first-order chi connectivity index (χ1) is 7.15. The summed E-state index contributed by atoms with van der Waals surface area (Å²) in [4.78, 5) is 13.9. The highest BCUT2D eigenvalue weighted by molar-refractivity contribution is 14.0. The molecule has 0 heterocycles. The Labute approximate surface area is 110 Å². The summed E-state index contributed by atoms with van der Waals surface area (Å²) in [7, 11) is 1.54. The molecule has 0 aliphatic carbocycles. The van der Waals surface area contributed by atoms with Crippen LogP contribution in [-0.4, -0.2) is 17.9 Å². The van der Waals surface area contributed by atoms with Crippen LogP contribution in [-0.2, 0) is 6.54 Å². The monoisotopic (exact) mass is 336 g/mol. The maximum absolute atomic E-state index is 10.7. The highest BCUT2D eigenvalue weighted by Crippen LogP contribution is 2.16. The summed E-state index contributed by atoms with van der Waals surface area (Å²) < 4.78 is 0. The largest absolute Gasteiger partial charge is 0.370 e. The number of para-hydroxylation sites is 1. The number of hydrogen-bond acceptors (Lipinski definition) is 3. The summed E-state index contributed by atoms with van der Waals surface area (Å²) in [6.07, 6.45) is 0. The Morgan fingerprint density at radius 3 is 2.75 bits per heavy atom. The lowest BCUT2D eigenvalue weighted by Crippen LogP contribution is -2.30. The summed E-state index contributed by atoms with van der Waals surface area (Å²) >= 11 is 0. The molecule has 16 heavy (non-hydrogen) atoms. The second-order valence-electron chi connectivity index (χ2n) is 2.85. The Balaban J connectivity index is 0.00000225. The lowest BCUT2D eigenvalue weighted by Gasteiger charge is -2.05. The molecule has 0 aliphatic heterocycles. The van der Waals surface area contributed by atoms with Crippen molar-refractivity contribution in [2.75, 3.05) is 7.05 Å². The van der Waals surface area contributed by atoms with Gasteiger partial charge in [-0.2, -0.15) is 0 Å². The number of nitrogens with zero attached hydrogens (tertiary/aromatic N) is 2. The first-order valence-corrected chi connectivity index (χ1v) is 4.33. The number of nitrogens with two attached hydrogens (primary N) is 1. The van der Waals surface area contributed by atoms with Crippen molar-refractivity contribution in [3.05, 3.63) is 39.9 Å². The highest BCUT2D eigenvalue weighted by atomic mass is 127. The van der Waals surface area contributed by atoms with Crippen LogP contribution >= 0.6 is 24.0 Å². The minimum atomic E-state index is -0.420. The number of hydrogen-bond donors (Lipinski definition) is 2. The van der Waals surface area contributed by atoms with Crippen LogP contribution in [0.1, 0.15) is 5.56 Å². The molecular weight excluding hydrogens is 323 g/mol. The summed E-state index contributed by atoms with van der Waals surface area (Å²) in [6.45, 7) is 0.292. The minimum Gasteiger partial charge on any atom is -0.370 e. The molecule has 0 saturated heterocycles. The third-order valence-electron chi connectivity index (χ3n) is 1.89. The van der Waals surface area contributed by atoms with Crippen LogP contribution in [0.3, 0.4) is 0 Å². The maximum Gasteiger partial charge on any atom is 0.274 e. The predicted octanol–water partition coefficient (Wildman–Crippen LogP) is 1.25. The maximum atomic E-state index is 10.7. The molecule has 0 fully saturated rings. The molecule has 88 valence electrons. The Bertz CT molecular complexity index is 395. The fourth-order valence-electron chi connectivity index (χ4n) is 1.10. The van der Waals surface area contributed by atoms with Crippen molar-refractivity contribution in [3.8, 4) is 0 Å². The second-order valence-corrected chi connectivity index (χ2v) is 2.85. The smallest absolute Gasteiger partial charge is 0.274 e. The van der Waals surface area contributed by atoms with Crippen molar-refractivity contribution in [1.82, 2.24) is 5.32 Å². The van der Waals surface area contributed by atoms with E-state index in [0.29, 0.717) is 12.1 Å². The van der Waals surface area contributed by atoms with E-state index < -0.39 is 4.92 Å². The topological polar surface area (TPSA) is 93.5 Å². The molecular formula is C9H13IN4O2. The van der Waals surface area contributed by atoms with Gasteiger partial charge in [-0.3, -0.25) is 15.1 Å². The van der Waals surface area contributed by atoms with E-state index in [0.717, 1.165) is 0 Å². The van der Waals surface area contributed by atoms with Gasteiger partial charge in [-0.25, -0.2) is 0 Å². The lowest BCUT2D eigenvalue weighted by atomic mass is 10.2. The second kappa shape index (κ2) is 6.99. The molecule has 0 spiro atoms. The summed E-state index contributed by atoms with van der Waals surface area (Å²) in [5.74, 6) is 0.258. The SMILES string of the molecule is CN=C(N)NCc1ccccc1[N+](=O)[O-].I. The molecule has 0 radical (unpaired) electrons. The van der Waals surface area contributed by atoms with Gasteiger partial charge in [0.1, 0.15) is 0 Å². The number of rotatable bonds is 3. The molecule has 0 amide bonds. The Kier molecular flexibility index (Phi) is 6.38. The zero-order valence-corrected chi connectivity index (χ0v) is 11.0. The minimum absolute atomic E-state index is 0. The molecule has 3 N–H and O–H groups in total. The number of nitrogens with one attached hydrogen (secondary N) is 1. The van der Waals surface area contributed by atoms with E-state index in [-0.39, 0.29) is 35.6 Å². The van der Waals surface area contributed by atoms with Crippen LogP contribution in [0.4, 0.5) is 5.69 Å². The third-order valence-corrected chi connectivity index (χ3v) is 1.89. The lowest BCUT2D eigenvalue weighted by molar-refractivity contribution is -0.385. The summed E-state index contributed by atoms with van der Waals surface area (Å²) in [5.41, 5.74) is 6.07. The van der Waals surface area contributed by atoms with E-state index in [4.69, 9.17) is 5.73 Å². The van der Waals surface area contributed by atoms with Gasteiger partial charge < -0.3 is 11.1 Å². The zero-order valence-electron chi connectivity index (χ0n) is 8.71. The normalized spacial score (nSPS) is 10.4. The quantitative estimate of drug-likeness (QED) is 0.286. The molecule has 0 aliphatic rings. The number of aliphatic imine (C=N–C) groups is 1. The predicted molar refractivity (Wildman–Crippen MR) is 72.9 cm³/mol. The van der Waals surface area contributed by atoms with Gasteiger partial charge in [0.15, 0.2) is 5.96 Å². The number of guanidine groups is 1. The van der Waals surface area contributed by atoms with Gasteiger partial charge in [-0.05, 0) is 0 Å². The molecule has 0 saturated carbocycles. The number of nitro groups is 1. The molecule has 1 rings (SSSR count). The van der Waals surface area contributed by atoms with Crippen molar-refractivity contribution in [2.45, 2.75) is 6.54 Å². The van der Waals surface area contributed by atoms with Crippen LogP contribution in [0.25, 0.3) is 0 Å². The Hall–Kier alpha value is -1.38. The summed E-state index contributed by atoms with van der Waals surface area (Å²) in [6, 6.07) is 6.49. The fraction of sp³-hybridized carbons (Fsp3) is 0.222. The number of nitro benzene ring substituents is 1. The molecule has 0 aromatic heterocycles. The van der Waals surface area contributed by atoms with Crippen LogP contribution in [0.15, 0.2) is 29.3 Å². The van der Waals surface area contributed by atoms with E-state index in [1.807, 2.05) is 0 Å². The number of halogens is 1. The van der Waals surface area contributed by atoms with E-state index in [1.165, 1.54) is 6.07 Å². The van der Waals surface area contributed by atoms with Crippen molar-refractivity contribution in [3.63, 3.8) is 0 Å². The van der Waals surface area contributed by atoms with Gasteiger partial charge >= 0.3 is 0 Å². The van der Waals surface area contributed by atoms with Gasteiger partial charge in [0.05, 0.1) is 4.92 Å². The first-order valence-electron chi connectivity index (χ1n) is 4.33. The third kappa shape index (κ3) is 4.01. The molecule has 0 unspecified atom stereocenters. The van der Waals surface area contributed by atoms with Gasteiger partial charge in [0, 0.05) is 25.2 Å². The van der Waals surface area contributed by atoms with E-state index in [9.17, 15) is 10.1 Å². The van der Waals surface area contributed by atoms with Crippen LogP contribution in [0.2, 0.25) is 0 Å². The van der Waals surface area contributed by atoms with Crippen LogP contribution in [0.5, 0.6) is 0 Å². The molecule has 1 aromatic rings. The zero-order chi connectivity index (χ0) is 11.3. The van der Waals surface area contributed by atoms with Crippen LogP contribution < -0.4 is 11.1 Å². The molecule has 0 bridgehead atoms. The number of benzene rings is 1. The van der Waals surface area contributed by atoms with Gasteiger partial charge in [0.25, 0.3) is 5.69 Å². The van der Waals surface area contributed by atoms with E-state index in [2.05, 4.69) is 10.3 Å². The first kappa shape index (κ1) is 14.6. The average molecular weight is 336 g/mol. The molecule has 6 nitrogen and oxygen atoms in total. The molecule has 1 aromatic carbocycles. The average Bonchev–Trinajstić information content (AvgIpc) is 2.26.